The summed E-state index contributed by atoms with van der Waals surface area (Å²) >= 11 is 0. The first kappa shape index (κ1) is 13.9. The van der Waals surface area contributed by atoms with E-state index in [-0.39, 0.29) is 11.8 Å². The Hall–Kier alpha value is -0.570. The molecule has 18 heavy (non-hydrogen) atoms. The van der Waals surface area contributed by atoms with Gasteiger partial charge in [0, 0.05) is 12.0 Å². The van der Waals surface area contributed by atoms with Gasteiger partial charge in [-0.3, -0.25) is 4.79 Å². The van der Waals surface area contributed by atoms with E-state index in [0.29, 0.717) is 6.04 Å². The summed E-state index contributed by atoms with van der Waals surface area (Å²) in [4.78, 5) is 11.1. The Morgan fingerprint density at radius 3 is 2.28 bits per heavy atom. The van der Waals surface area contributed by atoms with Gasteiger partial charge in [-0.2, -0.15) is 0 Å². The number of nitrogens with two attached hydrogens (primary N) is 1. The molecule has 0 spiro atoms. The molecular formula is C15H28N2O. The number of carbonyl (C=O) groups is 1. The third kappa shape index (κ3) is 4.27. The summed E-state index contributed by atoms with van der Waals surface area (Å²) in [5.41, 5.74) is 5.35. The van der Waals surface area contributed by atoms with Crippen molar-refractivity contribution in [1.29, 1.82) is 0 Å². The van der Waals surface area contributed by atoms with Gasteiger partial charge in [-0.1, -0.05) is 32.1 Å². The molecule has 0 aromatic carbocycles. The zero-order valence-corrected chi connectivity index (χ0v) is 11.5. The lowest BCUT2D eigenvalue weighted by Crippen LogP contribution is -2.37. The van der Waals surface area contributed by atoms with Crippen LogP contribution in [-0.2, 0) is 4.79 Å². The second-order valence-corrected chi connectivity index (χ2v) is 6.20. The van der Waals surface area contributed by atoms with Crippen molar-refractivity contribution < 1.29 is 4.79 Å². The second kappa shape index (κ2) is 7.13. The van der Waals surface area contributed by atoms with Gasteiger partial charge in [-0.25, -0.2) is 0 Å². The molecule has 104 valence electrons. The van der Waals surface area contributed by atoms with Crippen LogP contribution in [0.15, 0.2) is 0 Å². The normalized spacial score (nSPS) is 30.2. The van der Waals surface area contributed by atoms with Crippen LogP contribution in [0.5, 0.6) is 0 Å². The first-order valence-electron chi connectivity index (χ1n) is 7.78. The highest BCUT2D eigenvalue weighted by Crippen LogP contribution is 2.27. The average molecular weight is 252 g/mol. The average Bonchev–Trinajstić information content (AvgIpc) is 2.40. The van der Waals surface area contributed by atoms with Crippen molar-refractivity contribution in [3.05, 3.63) is 0 Å². The molecule has 0 radical (unpaired) electrons. The number of rotatable bonds is 5. The zero-order chi connectivity index (χ0) is 12.8. The van der Waals surface area contributed by atoms with E-state index in [1.54, 1.807) is 0 Å². The molecule has 2 fully saturated rings. The van der Waals surface area contributed by atoms with Crippen molar-refractivity contribution in [2.24, 2.45) is 17.6 Å². The molecule has 2 saturated carbocycles. The minimum Gasteiger partial charge on any atom is -0.369 e. The van der Waals surface area contributed by atoms with Crippen LogP contribution in [0.25, 0.3) is 0 Å². The summed E-state index contributed by atoms with van der Waals surface area (Å²) < 4.78 is 0. The molecule has 3 nitrogen and oxygen atoms in total. The van der Waals surface area contributed by atoms with Crippen LogP contribution < -0.4 is 11.1 Å². The van der Waals surface area contributed by atoms with Gasteiger partial charge in [0.15, 0.2) is 0 Å². The van der Waals surface area contributed by atoms with Gasteiger partial charge in [-0.15, -0.1) is 0 Å². The lowest BCUT2D eigenvalue weighted by atomic mass is 9.85. The van der Waals surface area contributed by atoms with Crippen LogP contribution in [0.3, 0.4) is 0 Å². The van der Waals surface area contributed by atoms with Crippen LogP contribution >= 0.6 is 0 Å². The molecule has 0 bridgehead atoms. The van der Waals surface area contributed by atoms with Gasteiger partial charge >= 0.3 is 0 Å². The number of carbonyl (C=O) groups excluding carboxylic acids is 1. The fourth-order valence-electron chi connectivity index (χ4n) is 3.55. The minimum absolute atomic E-state index is 0.101. The Labute approximate surface area is 111 Å². The van der Waals surface area contributed by atoms with Crippen molar-refractivity contribution >= 4 is 5.91 Å². The minimum atomic E-state index is -0.101. The third-order valence-corrected chi connectivity index (χ3v) is 4.84. The molecule has 0 saturated heterocycles. The van der Waals surface area contributed by atoms with Crippen LogP contribution in [0, 0.1) is 11.8 Å². The highest BCUT2D eigenvalue weighted by atomic mass is 16.1. The Morgan fingerprint density at radius 2 is 1.67 bits per heavy atom. The highest BCUT2D eigenvalue weighted by Gasteiger charge is 2.24. The van der Waals surface area contributed by atoms with Crippen LogP contribution in [-0.4, -0.2) is 18.5 Å². The fraction of sp³-hybridized carbons (Fsp3) is 0.933. The standard InChI is InChI=1S/C15H28N2O/c16-15(18)13-6-8-14(9-7-13)17-11-10-12-4-2-1-3-5-12/h12-14,17H,1-11H2,(H2,16,18). The van der Waals surface area contributed by atoms with Crippen LogP contribution in [0.4, 0.5) is 0 Å². The van der Waals surface area contributed by atoms with Gasteiger partial charge in [0.2, 0.25) is 5.91 Å². The summed E-state index contributed by atoms with van der Waals surface area (Å²) in [5.74, 6) is 1.00. The number of primary amides is 1. The van der Waals surface area contributed by atoms with Crippen molar-refractivity contribution in [2.45, 2.75) is 70.3 Å². The van der Waals surface area contributed by atoms with E-state index in [2.05, 4.69) is 5.32 Å². The molecule has 0 aromatic heterocycles. The molecule has 2 aliphatic carbocycles. The SMILES string of the molecule is NC(=O)C1CCC(NCCC2CCCCC2)CC1. The van der Waals surface area contributed by atoms with E-state index in [4.69, 9.17) is 5.73 Å². The van der Waals surface area contributed by atoms with Gasteiger partial charge in [-0.05, 0) is 44.6 Å². The van der Waals surface area contributed by atoms with Crippen molar-refractivity contribution in [2.75, 3.05) is 6.54 Å². The first-order chi connectivity index (χ1) is 8.75. The summed E-state index contributed by atoms with van der Waals surface area (Å²) in [6.07, 6.45) is 12.8. The van der Waals surface area contributed by atoms with Gasteiger partial charge in [0.05, 0.1) is 0 Å². The molecule has 0 heterocycles. The van der Waals surface area contributed by atoms with Gasteiger partial charge < -0.3 is 11.1 Å². The monoisotopic (exact) mass is 252 g/mol. The molecule has 1 amide bonds. The van der Waals surface area contributed by atoms with E-state index < -0.39 is 0 Å². The summed E-state index contributed by atoms with van der Waals surface area (Å²) in [6, 6.07) is 0.629. The molecule has 0 aromatic rings. The summed E-state index contributed by atoms with van der Waals surface area (Å²) in [7, 11) is 0. The van der Waals surface area contributed by atoms with Gasteiger partial charge in [0.25, 0.3) is 0 Å². The lowest BCUT2D eigenvalue weighted by molar-refractivity contribution is -0.122. The van der Waals surface area contributed by atoms with Gasteiger partial charge in [0.1, 0.15) is 0 Å². The Bertz CT molecular complexity index is 253. The predicted octanol–water partition coefficient (Wildman–Crippen LogP) is 2.59. The van der Waals surface area contributed by atoms with E-state index in [1.807, 2.05) is 0 Å². The van der Waals surface area contributed by atoms with E-state index >= 15 is 0 Å². The zero-order valence-electron chi connectivity index (χ0n) is 11.5. The van der Waals surface area contributed by atoms with Crippen molar-refractivity contribution in [3.63, 3.8) is 0 Å². The van der Waals surface area contributed by atoms with Crippen molar-refractivity contribution in [1.82, 2.24) is 5.32 Å². The molecule has 2 rings (SSSR count). The maximum absolute atomic E-state index is 11.1. The largest absolute Gasteiger partial charge is 0.369 e. The van der Waals surface area contributed by atoms with E-state index in [1.165, 1.54) is 38.5 Å². The number of nitrogens with one attached hydrogen (secondary N) is 1. The summed E-state index contributed by atoms with van der Waals surface area (Å²) in [5, 5.41) is 3.68. The first-order valence-corrected chi connectivity index (χ1v) is 7.78. The molecule has 2 aliphatic rings. The maximum atomic E-state index is 11.1. The topological polar surface area (TPSA) is 55.1 Å². The molecule has 3 N–H and O–H groups in total. The number of hydrogen-bond acceptors (Lipinski definition) is 2. The fourth-order valence-corrected chi connectivity index (χ4v) is 3.55. The predicted molar refractivity (Wildman–Crippen MR) is 74.1 cm³/mol. The van der Waals surface area contributed by atoms with E-state index in [0.717, 1.165) is 38.1 Å². The number of amides is 1. The Kier molecular flexibility index (Phi) is 5.48. The highest BCUT2D eigenvalue weighted by molar-refractivity contribution is 5.76. The van der Waals surface area contributed by atoms with Crippen molar-refractivity contribution in [3.8, 4) is 0 Å². The second-order valence-electron chi connectivity index (χ2n) is 6.20. The maximum Gasteiger partial charge on any atom is 0.220 e. The molecule has 3 heteroatoms. The Morgan fingerprint density at radius 1 is 1.00 bits per heavy atom. The lowest BCUT2D eigenvalue weighted by Gasteiger charge is -2.28. The number of hydrogen-bond donors (Lipinski definition) is 2. The summed E-state index contributed by atoms with van der Waals surface area (Å²) in [6.45, 7) is 1.16. The smallest absolute Gasteiger partial charge is 0.220 e. The molecular weight excluding hydrogens is 224 g/mol. The van der Waals surface area contributed by atoms with Crippen LogP contribution in [0.1, 0.15) is 64.2 Å². The molecule has 0 unspecified atom stereocenters. The van der Waals surface area contributed by atoms with E-state index in [9.17, 15) is 4.79 Å². The molecule has 0 aliphatic heterocycles. The Balaban J connectivity index is 1.56. The third-order valence-electron chi connectivity index (χ3n) is 4.84. The quantitative estimate of drug-likeness (QED) is 0.790. The van der Waals surface area contributed by atoms with Crippen LogP contribution in [0.2, 0.25) is 0 Å². The molecule has 0 atom stereocenters.